The number of nitrogens with zero attached hydrogens (tertiary/aromatic N) is 5. The summed E-state index contributed by atoms with van der Waals surface area (Å²) in [7, 11) is 1.74. The fraction of sp³-hybridized carbons (Fsp3) is 0.167. The molecule has 0 radical (unpaired) electrons. The van der Waals surface area contributed by atoms with Crippen molar-refractivity contribution in [3.8, 4) is 22.1 Å². The average molecular weight is 326 g/mol. The van der Waals surface area contributed by atoms with Crippen molar-refractivity contribution in [3.05, 3.63) is 29.5 Å². The molecule has 0 saturated heterocycles. The lowest BCUT2D eigenvalue weighted by Gasteiger charge is -2.02. The van der Waals surface area contributed by atoms with Gasteiger partial charge in [0.05, 0.1) is 11.9 Å². The third kappa shape index (κ3) is 2.77. The minimum Gasteiger partial charge on any atom is -0.384 e. The van der Waals surface area contributed by atoms with Gasteiger partial charge in [-0.2, -0.15) is 18.3 Å². The van der Waals surface area contributed by atoms with Gasteiger partial charge in [0.25, 0.3) is 0 Å². The normalized spacial score (nSPS) is 11.8. The molecule has 22 heavy (non-hydrogen) atoms. The van der Waals surface area contributed by atoms with Crippen molar-refractivity contribution in [1.29, 1.82) is 0 Å². The Morgan fingerprint density at radius 1 is 1.23 bits per heavy atom. The molecule has 3 aromatic heterocycles. The van der Waals surface area contributed by atoms with Crippen molar-refractivity contribution in [2.45, 2.75) is 6.18 Å². The van der Waals surface area contributed by atoms with Crippen LogP contribution in [0.15, 0.2) is 23.8 Å². The molecule has 3 aromatic rings. The summed E-state index contributed by atoms with van der Waals surface area (Å²) in [4.78, 5) is 11.7. The van der Waals surface area contributed by atoms with Gasteiger partial charge in [-0.1, -0.05) is 0 Å². The molecule has 0 bridgehead atoms. The molecule has 3 heterocycles. The van der Waals surface area contributed by atoms with Gasteiger partial charge in [0.1, 0.15) is 5.82 Å². The van der Waals surface area contributed by atoms with Crippen molar-refractivity contribution in [2.24, 2.45) is 7.05 Å². The predicted molar refractivity (Wildman–Crippen MR) is 74.8 cm³/mol. The molecule has 0 saturated carbocycles. The molecule has 3 rings (SSSR count). The number of rotatable bonds is 2. The van der Waals surface area contributed by atoms with E-state index in [-0.39, 0.29) is 16.6 Å². The molecule has 0 aliphatic rings. The highest BCUT2D eigenvalue weighted by molar-refractivity contribution is 7.13. The van der Waals surface area contributed by atoms with Gasteiger partial charge < -0.3 is 5.73 Å². The van der Waals surface area contributed by atoms with Gasteiger partial charge in [-0.3, -0.25) is 4.68 Å². The minimum atomic E-state index is -4.50. The molecular formula is C12H9F3N6S. The zero-order valence-corrected chi connectivity index (χ0v) is 12.0. The monoisotopic (exact) mass is 326 g/mol. The summed E-state index contributed by atoms with van der Waals surface area (Å²) in [5.74, 6) is 0.201. The number of thiazole rings is 1. The molecule has 0 unspecified atom stereocenters. The second-order valence-electron chi connectivity index (χ2n) is 4.44. The van der Waals surface area contributed by atoms with Crippen LogP contribution in [0.3, 0.4) is 0 Å². The Bertz CT molecular complexity index is 822. The number of aromatic nitrogens is 5. The molecule has 10 heteroatoms. The van der Waals surface area contributed by atoms with E-state index in [0.29, 0.717) is 11.3 Å². The summed E-state index contributed by atoms with van der Waals surface area (Å²) in [6.45, 7) is 0. The summed E-state index contributed by atoms with van der Waals surface area (Å²) in [5, 5.41) is 5.00. The lowest BCUT2D eigenvalue weighted by Crippen LogP contribution is -2.05. The lowest BCUT2D eigenvalue weighted by atomic mass is 10.2. The first-order chi connectivity index (χ1) is 10.3. The van der Waals surface area contributed by atoms with Gasteiger partial charge in [0, 0.05) is 30.3 Å². The first kappa shape index (κ1) is 14.4. The largest absolute Gasteiger partial charge is 0.434 e. The zero-order chi connectivity index (χ0) is 15.9. The van der Waals surface area contributed by atoms with Crippen molar-refractivity contribution in [3.63, 3.8) is 0 Å². The Hall–Kier alpha value is -2.49. The summed E-state index contributed by atoms with van der Waals surface area (Å²) in [6.07, 6.45) is -1.20. The Morgan fingerprint density at radius 3 is 2.59 bits per heavy atom. The van der Waals surface area contributed by atoms with Gasteiger partial charge in [-0.15, -0.1) is 11.3 Å². The first-order valence-corrected chi connectivity index (χ1v) is 6.87. The van der Waals surface area contributed by atoms with Crippen LogP contribution >= 0.6 is 11.3 Å². The number of alkyl halides is 3. The molecule has 0 fully saturated rings. The Morgan fingerprint density at radius 2 is 2.00 bits per heavy atom. The van der Waals surface area contributed by atoms with E-state index in [4.69, 9.17) is 5.73 Å². The second kappa shape index (κ2) is 5.05. The third-order valence-electron chi connectivity index (χ3n) is 2.73. The van der Waals surface area contributed by atoms with Crippen LogP contribution in [0.5, 0.6) is 0 Å². The number of nitrogen functional groups attached to an aromatic ring is 1. The Labute approximate surface area is 126 Å². The van der Waals surface area contributed by atoms with E-state index in [1.807, 2.05) is 0 Å². The van der Waals surface area contributed by atoms with Crippen molar-refractivity contribution in [1.82, 2.24) is 24.7 Å². The van der Waals surface area contributed by atoms with E-state index >= 15 is 0 Å². The molecule has 0 atom stereocenters. The quantitative estimate of drug-likeness (QED) is 0.783. The molecule has 0 aliphatic heterocycles. The number of halogens is 3. The van der Waals surface area contributed by atoms with Crippen LogP contribution in [-0.4, -0.2) is 24.7 Å². The van der Waals surface area contributed by atoms with Crippen LogP contribution < -0.4 is 5.73 Å². The molecule has 6 nitrogen and oxygen atoms in total. The standard InChI is InChI=1S/C12H9F3N6S/c1-21-4-6(3-17-21)7-2-9(16)20-10(18-7)11-19-8(5-22-11)12(13,14)15/h2-5H,1H3,(H2,16,18,20). The summed E-state index contributed by atoms with van der Waals surface area (Å²) >= 11 is 0.815. The SMILES string of the molecule is Cn1cc(-c2cc(N)nc(-c3nc(C(F)(F)F)cs3)n2)cn1. The fourth-order valence-corrected chi connectivity index (χ4v) is 2.53. The van der Waals surface area contributed by atoms with Crippen LogP contribution in [0, 0.1) is 0 Å². The minimum absolute atomic E-state index is 0.0550. The van der Waals surface area contributed by atoms with Gasteiger partial charge in [-0.05, 0) is 0 Å². The van der Waals surface area contributed by atoms with E-state index in [9.17, 15) is 13.2 Å². The third-order valence-corrected chi connectivity index (χ3v) is 3.57. The highest BCUT2D eigenvalue weighted by Gasteiger charge is 2.34. The van der Waals surface area contributed by atoms with Gasteiger partial charge in [0.2, 0.25) is 0 Å². The number of hydrogen-bond acceptors (Lipinski definition) is 6. The zero-order valence-electron chi connectivity index (χ0n) is 11.2. The second-order valence-corrected chi connectivity index (χ2v) is 5.30. The van der Waals surface area contributed by atoms with Gasteiger partial charge in [-0.25, -0.2) is 15.0 Å². The van der Waals surface area contributed by atoms with Crippen LogP contribution in [0.25, 0.3) is 22.1 Å². The maximum Gasteiger partial charge on any atom is 0.434 e. The fourth-order valence-electron chi connectivity index (χ4n) is 1.77. The van der Waals surface area contributed by atoms with Crippen molar-refractivity contribution in [2.75, 3.05) is 5.73 Å². The smallest absolute Gasteiger partial charge is 0.384 e. The van der Waals surface area contributed by atoms with E-state index in [0.717, 1.165) is 16.7 Å². The van der Waals surface area contributed by atoms with Gasteiger partial charge >= 0.3 is 6.18 Å². The molecule has 0 aromatic carbocycles. The van der Waals surface area contributed by atoms with E-state index in [2.05, 4.69) is 20.1 Å². The van der Waals surface area contributed by atoms with Crippen LogP contribution in [0.1, 0.15) is 5.69 Å². The van der Waals surface area contributed by atoms with Gasteiger partial charge in [0.15, 0.2) is 16.5 Å². The van der Waals surface area contributed by atoms with E-state index in [1.165, 1.54) is 6.07 Å². The maximum absolute atomic E-state index is 12.6. The number of hydrogen-bond donors (Lipinski definition) is 1. The summed E-state index contributed by atoms with van der Waals surface area (Å²) in [6, 6.07) is 1.53. The van der Waals surface area contributed by atoms with E-state index < -0.39 is 11.9 Å². The number of nitrogens with two attached hydrogens (primary N) is 1. The predicted octanol–water partition coefficient (Wildman–Crippen LogP) is 2.60. The number of aryl methyl sites for hydroxylation is 1. The number of anilines is 1. The molecule has 0 aliphatic carbocycles. The van der Waals surface area contributed by atoms with E-state index in [1.54, 1.807) is 24.1 Å². The molecule has 0 spiro atoms. The topological polar surface area (TPSA) is 82.5 Å². The molecule has 2 N–H and O–H groups in total. The summed E-state index contributed by atoms with van der Waals surface area (Å²) in [5.41, 5.74) is 5.90. The molecule has 0 amide bonds. The van der Waals surface area contributed by atoms with Crippen LogP contribution in [0.2, 0.25) is 0 Å². The lowest BCUT2D eigenvalue weighted by molar-refractivity contribution is -0.140. The highest BCUT2D eigenvalue weighted by atomic mass is 32.1. The van der Waals surface area contributed by atoms with Crippen LogP contribution in [-0.2, 0) is 13.2 Å². The Kier molecular flexibility index (Phi) is 3.32. The Balaban J connectivity index is 2.04. The molecular weight excluding hydrogens is 317 g/mol. The van der Waals surface area contributed by atoms with Crippen molar-refractivity contribution >= 4 is 17.2 Å². The first-order valence-electron chi connectivity index (χ1n) is 5.99. The van der Waals surface area contributed by atoms with Crippen molar-refractivity contribution < 1.29 is 13.2 Å². The molecule has 114 valence electrons. The summed E-state index contributed by atoms with van der Waals surface area (Å²) < 4.78 is 39.4. The highest BCUT2D eigenvalue weighted by Crippen LogP contribution is 2.33. The maximum atomic E-state index is 12.6. The van der Waals surface area contributed by atoms with Crippen LogP contribution in [0.4, 0.5) is 19.0 Å². The average Bonchev–Trinajstić information content (AvgIpc) is 3.05.